The lowest BCUT2D eigenvalue weighted by Gasteiger charge is -2.03. The Morgan fingerprint density at radius 2 is 2.17 bits per heavy atom. The Balaban J connectivity index is 1.47. The van der Waals surface area contributed by atoms with Gasteiger partial charge in [-0.2, -0.15) is 5.10 Å². The van der Waals surface area contributed by atoms with Gasteiger partial charge in [0.2, 0.25) is 0 Å². The van der Waals surface area contributed by atoms with E-state index in [0.717, 1.165) is 17.1 Å². The average Bonchev–Trinajstić information content (AvgIpc) is 3.25. The number of thiazole rings is 1. The summed E-state index contributed by atoms with van der Waals surface area (Å²) in [7, 11) is 0. The van der Waals surface area contributed by atoms with Crippen molar-refractivity contribution < 1.29 is 9.53 Å². The van der Waals surface area contributed by atoms with E-state index in [0.29, 0.717) is 25.3 Å². The molecule has 0 aliphatic carbocycles. The first-order chi connectivity index (χ1) is 11.3. The maximum Gasteiger partial charge on any atom is 0.271 e. The lowest BCUT2D eigenvalue weighted by molar-refractivity contribution is 0.0949. The van der Waals surface area contributed by atoms with Crippen LogP contribution in [0.3, 0.4) is 0 Å². The minimum atomic E-state index is -0.206. The highest BCUT2D eigenvalue weighted by Gasteiger charge is 2.10. The maximum atomic E-state index is 12.0. The summed E-state index contributed by atoms with van der Waals surface area (Å²) >= 11 is 1.55. The molecule has 1 aromatic carbocycles. The predicted molar refractivity (Wildman–Crippen MR) is 87.5 cm³/mol. The van der Waals surface area contributed by atoms with E-state index in [2.05, 4.69) is 20.5 Å². The fourth-order valence-corrected chi connectivity index (χ4v) is 2.58. The quantitative estimate of drug-likeness (QED) is 0.698. The third-order valence-corrected chi connectivity index (χ3v) is 3.79. The van der Waals surface area contributed by atoms with Crippen molar-refractivity contribution in [3.05, 3.63) is 64.4 Å². The van der Waals surface area contributed by atoms with E-state index in [1.54, 1.807) is 22.9 Å². The maximum absolute atomic E-state index is 12.0. The average molecular weight is 328 g/mol. The van der Waals surface area contributed by atoms with Gasteiger partial charge in [0.05, 0.1) is 16.9 Å². The second kappa shape index (κ2) is 7.55. The fraction of sp³-hybridized carbons (Fsp3) is 0.188. The summed E-state index contributed by atoms with van der Waals surface area (Å²) < 4.78 is 5.61. The zero-order valence-corrected chi connectivity index (χ0v) is 13.2. The number of para-hydroxylation sites is 1. The minimum absolute atomic E-state index is 0.206. The number of nitrogens with zero attached hydrogens (tertiary/aromatic N) is 2. The van der Waals surface area contributed by atoms with E-state index in [-0.39, 0.29) is 5.91 Å². The number of nitrogens with one attached hydrogen (secondary N) is 2. The van der Waals surface area contributed by atoms with Crippen LogP contribution in [0.15, 0.2) is 47.3 Å². The normalized spacial score (nSPS) is 10.4. The Kier molecular flexibility index (Phi) is 5.00. The number of ether oxygens (including phenoxy) is 1. The molecule has 3 aromatic rings. The number of aromatic nitrogens is 3. The molecule has 0 spiro atoms. The molecule has 0 unspecified atom stereocenters. The van der Waals surface area contributed by atoms with Gasteiger partial charge in [-0.15, -0.1) is 11.3 Å². The molecular formula is C16H16N4O2S. The van der Waals surface area contributed by atoms with Gasteiger partial charge in [-0.3, -0.25) is 9.89 Å². The number of amides is 1. The van der Waals surface area contributed by atoms with Crippen LogP contribution in [0.2, 0.25) is 0 Å². The van der Waals surface area contributed by atoms with E-state index < -0.39 is 0 Å². The molecule has 2 heterocycles. The lowest BCUT2D eigenvalue weighted by Crippen LogP contribution is -2.26. The van der Waals surface area contributed by atoms with Crippen LogP contribution in [0.25, 0.3) is 0 Å². The fourth-order valence-electron chi connectivity index (χ4n) is 1.99. The molecule has 0 bridgehead atoms. The highest BCUT2D eigenvalue weighted by molar-refractivity contribution is 7.07. The topological polar surface area (TPSA) is 79.9 Å². The molecule has 0 aliphatic rings. The molecule has 1 amide bonds. The summed E-state index contributed by atoms with van der Waals surface area (Å²) in [4.78, 5) is 16.2. The third-order valence-electron chi connectivity index (χ3n) is 3.15. The number of rotatable bonds is 7. The number of H-pyrrole nitrogens is 1. The smallest absolute Gasteiger partial charge is 0.271 e. The molecule has 3 rings (SSSR count). The molecule has 0 saturated carbocycles. The predicted octanol–water partition coefficient (Wildman–Crippen LogP) is 2.42. The molecule has 0 radical (unpaired) electrons. The highest BCUT2D eigenvalue weighted by atomic mass is 32.1. The molecule has 0 aliphatic heterocycles. The number of benzene rings is 1. The first kappa shape index (κ1) is 15.2. The number of hydrogen-bond acceptors (Lipinski definition) is 5. The second-order valence-electron chi connectivity index (χ2n) is 4.87. The molecule has 118 valence electrons. The van der Waals surface area contributed by atoms with Crippen molar-refractivity contribution in [2.45, 2.75) is 13.0 Å². The number of hydrogen-bond donors (Lipinski definition) is 2. The van der Waals surface area contributed by atoms with E-state index in [4.69, 9.17) is 4.74 Å². The van der Waals surface area contributed by atoms with Crippen molar-refractivity contribution in [3.63, 3.8) is 0 Å². The molecule has 2 aromatic heterocycles. The van der Waals surface area contributed by atoms with Crippen molar-refractivity contribution in [3.8, 4) is 5.75 Å². The first-order valence-electron chi connectivity index (χ1n) is 7.18. The number of carbonyl (C=O) groups excluding carboxylic acids is 1. The van der Waals surface area contributed by atoms with E-state index in [1.807, 2.05) is 35.7 Å². The van der Waals surface area contributed by atoms with Crippen LogP contribution in [0, 0.1) is 0 Å². The number of carbonyl (C=O) groups is 1. The Bertz CT molecular complexity index is 741. The van der Waals surface area contributed by atoms with Gasteiger partial charge in [-0.1, -0.05) is 18.2 Å². The zero-order chi connectivity index (χ0) is 15.9. The summed E-state index contributed by atoms with van der Waals surface area (Å²) in [5.74, 6) is 0.568. The summed E-state index contributed by atoms with van der Waals surface area (Å²) in [5.41, 5.74) is 3.87. The molecule has 0 fully saturated rings. The van der Waals surface area contributed by atoms with Crippen molar-refractivity contribution in [2.24, 2.45) is 0 Å². The molecule has 23 heavy (non-hydrogen) atoms. The Labute approximate surface area is 137 Å². The van der Waals surface area contributed by atoms with Crippen LogP contribution in [-0.2, 0) is 13.0 Å². The lowest BCUT2D eigenvalue weighted by atomic mass is 10.3. The zero-order valence-electron chi connectivity index (χ0n) is 12.4. The molecule has 7 heteroatoms. The van der Waals surface area contributed by atoms with Gasteiger partial charge in [0.15, 0.2) is 0 Å². The van der Waals surface area contributed by atoms with Crippen LogP contribution in [-0.4, -0.2) is 27.6 Å². The Morgan fingerprint density at radius 1 is 1.30 bits per heavy atom. The van der Waals surface area contributed by atoms with Crippen molar-refractivity contribution in [1.29, 1.82) is 0 Å². The molecule has 0 saturated heterocycles. The van der Waals surface area contributed by atoms with Gasteiger partial charge < -0.3 is 10.1 Å². The van der Waals surface area contributed by atoms with Crippen LogP contribution in [0.4, 0.5) is 0 Å². The summed E-state index contributed by atoms with van der Waals surface area (Å²) in [6, 6.07) is 11.2. The third kappa shape index (κ3) is 4.40. The molecular weight excluding hydrogens is 312 g/mol. The van der Waals surface area contributed by atoms with Gasteiger partial charge in [-0.05, 0) is 18.2 Å². The summed E-state index contributed by atoms with van der Waals surface area (Å²) in [6.45, 7) is 0.869. The van der Waals surface area contributed by atoms with Gasteiger partial charge in [0.25, 0.3) is 5.91 Å². The van der Waals surface area contributed by atoms with Crippen molar-refractivity contribution >= 4 is 17.2 Å². The van der Waals surface area contributed by atoms with Gasteiger partial charge in [0, 0.05) is 18.3 Å². The van der Waals surface area contributed by atoms with Crippen molar-refractivity contribution in [2.75, 3.05) is 6.54 Å². The van der Waals surface area contributed by atoms with Crippen LogP contribution >= 0.6 is 11.3 Å². The first-order valence-corrected chi connectivity index (χ1v) is 8.13. The van der Waals surface area contributed by atoms with Crippen LogP contribution in [0.5, 0.6) is 5.75 Å². The minimum Gasteiger partial charge on any atom is -0.487 e. The van der Waals surface area contributed by atoms with E-state index in [1.165, 1.54) is 0 Å². The van der Waals surface area contributed by atoms with Gasteiger partial charge >= 0.3 is 0 Å². The van der Waals surface area contributed by atoms with Crippen LogP contribution in [0.1, 0.15) is 21.9 Å². The van der Waals surface area contributed by atoms with Crippen LogP contribution < -0.4 is 10.1 Å². The largest absolute Gasteiger partial charge is 0.487 e. The summed E-state index contributed by atoms with van der Waals surface area (Å²) in [5, 5.41) is 11.6. The molecule has 2 N–H and O–H groups in total. The van der Waals surface area contributed by atoms with Gasteiger partial charge in [0.1, 0.15) is 18.1 Å². The Hall–Kier alpha value is -2.67. The van der Waals surface area contributed by atoms with E-state index >= 15 is 0 Å². The summed E-state index contributed by atoms with van der Waals surface area (Å²) in [6.07, 6.45) is 0.712. The highest BCUT2D eigenvalue weighted by Crippen LogP contribution is 2.11. The number of aromatic amines is 1. The standard InChI is InChI=1S/C16H16N4O2S/c21-16(17-7-6-12-10-23-11-18-12)15-8-13(19-20-15)9-22-14-4-2-1-3-5-14/h1-5,8,10-11H,6-7,9H2,(H,17,21)(H,19,20). The SMILES string of the molecule is O=C(NCCc1cscn1)c1cc(COc2ccccc2)[nH]n1. The van der Waals surface area contributed by atoms with E-state index in [9.17, 15) is 4.79 Å². The molecule has 6 nitrogen and oxygen atoms in total. The monoisotopic (exact) mass is 328 g/mol. The van der Waals surface area contributed by atoms with Crippen molar-refractivity contribution in [1.82, 2.24) is 20.5 Å². The van der Waals surface area contributed by atoms with Gasteiger partial charge in [-0.25, -0.2) is 4.98 Å². The second-order valence-corrected chi connectivity index (χ2v) is 5.58. The Morgan fingerprint density at radius 3 is 2.96 bits per heavy atom. The molecule has 0 atom stereocenters.